The van der Waals surface area contributed by atoms with Gasteiger partial charge in [-0.05, 0) is 47.9 Å². The van der Waals surface area contributed by atoms with Gasteiger partial charge in [-0.1, -0.05) is 6.07 Å². The Balaban J connectivity index is 0.000000817. The molecule has 5 N–H and O–H groups in total. The predicted molar refractivity (Wildman–Crippen MR) is 96.3 cm³/mol. The molecule has 142 valence electrons. The Morgan fingerprint density at radius 1 is 1.22 bits per heavy atom. The molecular formula is C17H16FN3O5S. The van der Waals surface area contributed by atoms with Crippen molar-refractivity contribution >= 4 is 28.2 Å². The molecule has 1 aliphatic heterocycles. The maximum Gasteiger partial charge on any atom is 0.290 e. The zero-order valence-corrected chi connectivity index (χ0v) is 15.0. The van der Waals surface area contributed by atoms with Crippen LogP contribution in [0.5, 0.6) is 0 Å². The average Bonchev–Trinajstić information content (AvgIpc) is 2.55. The maximum absolute atomic E-state index is 13.6. The lowest BCUT2D eigenvalue weighted by Gasteiger charge is -2.21. The number of amides is 1. The number of sulfone groups is 1. The first-order chi connectivity index (χ1) is 12.6. The summed E-state index contributed by atoms with van der Waals surface area (Å²) < 4.78 is 38.7. The number of aryl methyl sites for hydroxylation is 1. The summed E-state index contributed by atoms with van der Waals surface area (Å²) in [7, 11) is -3.66. The van der Waals surface area contributed by atoms with Gasteiger partial charge in [0.15, 0.2) is 15.8 Å². The van der Waals surface area contributed by atoms with Gasteiger partial charge in [0.25, 0.3) is 12.4 Å². The number of carbonyl (C=O) groups excluding carboxylic acids is 1. The second kappa shape index (κ2) is 7.54. The van der Waals surface area contributed by atoms with E-state index in [4.69, 9.17) is 21.4 Å². The van der Waals surface area contributed by atoms with Gasteiger partial charge in [0.1, 0.15) is 5.82 Å². The lowest BCUT2D eigenvalue weighted by molar-refractivity contribution is -0.122. The molecule has 1 heterocycles. The average molecular weight is 393 g/mol. The highest BCUT2D eigenvalue weighted by Crippen LogP contribution is 2.39. The molecule has 10 heteroatoms. The predicted octanol–water partition coefficient (Wildman–Crippen LogP) is 1.20. The second-order valence-corrected chi connectivity index (χ2v) is 7.63. The third-order valence-corrected chi connectivity index (χ3v) is 5.53. The van der Waals surface area contributed by atoms with Crippen LogP contribution in [0.3, 0.4) is 0 Å². The van der Waals surface area contributed by atoms with E-state index >= 15 is 0 Å². The lowest BCUT2D eigenvalue weighted by Crippen LogP contribution is -2.24. The third kappa shape index (κ3) is 4.11. The first kappa shape index (κ1) is 20.0. The molecule has 0 fully saturated rings. The number of hydrogen-bond acceptors (Lipinski definition) is 4. The van der Waals surface area contributed by atoms with Gasteiger partial charge in [-0.3, -0.25) is 9.59 Å². The van der Waals surface area contributed by atoms with Gasteiger partial charge in [-0.15, -0.1) is 0 Å². The van der Waals surface area contributed by atoms with Crippen LogP contribution < -0.4 is 11.5 Å². The molecule has 3 rings (SSSR count). The largest absolute Gasteiger partial charge is 0.483 e. The number of carboxylic acid groups (broad SMARTS) is 1. The van der Waals surface area contributed by atoms with Crippen molar-refractivity contribution in [3.8, 4) is 11.1 Å². The summed E-state index contributed by atoms with van der Waals surface area (Å²) in [4.78, 5) is 23.8. The van der Waals surface area contributed by atoms with Crippen LogP contribution in [0.15, 0.2) is 40.2 Å². The fraction of sp³-hybridized carbons (Fsp3) is 0.118. The quantitative estimate of drug-likeness (QED) is 0.374. The molecule has 2 aromatic rings. The second-order valence-electron chi connectivity index (χ2n) is 5.67. The Bertz CT molecular complexity index is 1060. The van der Waals surface area contributed by atoms with Gasteiger partial charge in [0.2, 0.25) is 0 Å². The van der Waals surface area contributed by atoms with Crippen molar-refractivity contribution in [3.05, 3.63) is 52.8 Å². The van der Waals surface area contributed by atoms with Gasteiger partial charge in [0.05, 0.1) is 10.6 Å². The molecule has 1 aliphatic rings. The highest BCUT2D eigenvalue weighted by molar-refractivity contribution is 7.90. The minimum atomic E-state index is -3.66. The van der Waals surface area contributed by atoms with E-state index in [0.29, 0.717) is 22.3 Å². The third-order valence-electron chi connectivity index (χ3n) is 3.83. The Labute approximate surface area is 154 Å². The first-order valence-corrected chi connectivity index (χ1v) is 9.14. The standard InChI is InChI=1S/C16H14FN3O3S.CH2O2/c1-8-4-13-12-5-10(17)3-2-9(12)7-24(22,23)14(13)6-11(8)15(21)20-16(18)19;2-1-3/h2-6H,7H2,1H3,(H4,18,19,20,21);1H,(H,2,3). The summed E-state index contributed by atoms with van der Waals surface area (Å²) in [5, 5.41) is 6.89. The minimum Gasteiger partial charge on any atom is -0.483 e. The minimum absolute atomic E-state index is 0.0275. The number of guanidine groups is 1. The van der Waals surface area contributed by atoms with Crippen LogP contribution in [-0.4, -0.2) is 31.9 Å². The van der Waals surface area contributed by atoms with Crippen molar-refractivity contribution in [3.63, 3.8) is 0 Å². The van der Waals surface area contributed by atoms with E-state index in [-0.39, 0.29) is 22.7 Å². The molecular weight excluding hydrogens is 377 g/mol. The molecule has 0 atom stereocenters. The van der Waals surface area contributed by atoms with Crippen LogP contribution >= 0.6 is 0 Å². The molecule has 0 bridgehead atoms. The van der Waals surface area contributed by atoms with E-state index in [9.17, 15) is 17.6 Å². The van der Waals surface area contributed by atoms with Crippen molar-refractivity contribution in [2.24, 2.45) is 16.5 Å². The molecule has 0 radical (unpaired) electrons. The van der Waals surface area contributed by atoms with Gasteiger partial charge in [-0.2, -0.15) is 4.99 Å². The normalized spacial score (nSPS) is 13.3. The molecule has 0 spiro atoms. The van der Waals surface area contributed by atoms with Crippen LogP contribution in [0, 0.1) is 12.7 Å². The summed E-state index contributed by atoms with van der Waals surface area (Å²) in [5.41, 5.74) is 12.4. The highest BCUT2D eigenvalue weighted by atomic mass is 32.2. The summed E-state index contributed by atoms with van der Waals surface area (Å²) in [6, 6.07) is 6.77. The summed E-state index contributed by atoms with van der Waals surface area (Å²) in [6.45, 7) is 1.38. The Morgan fingerprint density at radius 3 is 2.44 bits per heavy atom. The van der Waals surface area contributed by atoms with Gasteiger partial charge >= 0.3 is 0 Å². The first-order valence-electron chi connectivity index (χ1n) is 7.48. The lowest BCUT2D eigenvalue weighted by atomic mass is 9.96. The van der Waals surface area contributed by atoms with Gasteiger partial charge < -0.3 is 16.6 Å². The molecule has 27 heavy (non-hydrogen) atoms. The van der Waals surface area contributed by atoms with Crippen molar-refractivity contribution in [1.82, 2.24) is 0 Å². The van der Waals surface area contributed by atoms with E-state index < -0.39 is 27.5 Å². The molecule has 1 amide bonds. The highest BCUT2D eigenvalue weighted by Gasteiger charge is 2.30. The Morgan fingerprint density at radius 2 is 1.85 bits per heavy atom. The fourth-order valence-corrected chi connectivity index (χ4v) is 4.39. The van der Waals surface area contributed by atoms with E-state index in [2.05, 4.69) is 4.99 Å². The number of nitrogens with zero attached hydrogens (tertiary/aromatic N) is 1. The van der Waals surface area contributed by atoms with E-state index in [1.54, 1.807) is 13.0 Å². The molecule has 8 nitrogen and oxygen atoms in total. The maximum atomic E-state index is 13.6. The topological polar surface area (TPSA) is 153 Å². The number of nitrogens with two attached hydrogens (primary N) is 2. The fourth-order valence-electron chi connectivity index (χ4n) is 2.77. The number of benzene rings is 2. The van der Waals surface area contributed by atoms with E-state index in [1.807, 2.05) is 0 Å². The van der Waals surface area contributed by atoms with Crippen LogP contribution in [0.2, 0.25) is 0 Å². The molecule has 2 aromatic carbocycles. The van der Waals surface area contributed by atoms with Gasteiger partial charge in [0, 0.05) is 11.1 Å². The number of carbonyl (C=O) groups is 2. The van der Waals surface area contributed by atoms with Crippen LogP contribution in [0.4, 0.5) is 4.39 Å². The van der Waals surface area contributed by atoms with Gasteiger partial charge in [-0.25, -0.2) is 12.8 Å². The zero-order valence-electron chi connectivity index (χ0n) is 14.1. The van der Waals surface area contributed by atoms with E-state index in [1.165, 1.54) is 24.3 Å². The van der Waals surface area contributed by atoms with Crippen molar-refractivity contribution < 1.29 is 27.5 Å². The smallest absolute Gasteiger partial charge is 0.290 e. The zero-order chi connectivity index (χ0) is 20.4. The number of halogens is 1. The Kier molecular flexibility index (Phi) is 5.60. The molecule has 0 aromatic heterocycles. The van der Waals surface area contributed by atoms with Crippen LogP contribution in [0.25, 0.3) is 11.1 Å². The molecule has 0 saturated carbocycles. The van der Waals surface area contributed by atoms with Crippen LogP contribution in [0.1, 0.15) is 21.5 Å². The monoisotopic (exact) mass is 393 g/mol. The van der Waals surface area contributed by atoms with Crippen molar-refractivity contribution in [1.29, 1.82) is 0 Å². The SMILES string of the molecule is Cc1cc2c(cc1C(=O)N=C(N)N)S(=O)(=O)Cc1ccc(F)cc1-2.O=CO. The molecule has 0 saturated heterocycles. The number of rotatable bonds is 1. The number of fused-ring (bicyclic) bond motifs is 3. The summed E-state index contributed by atoms with van der Waals surface area (Å²) in [5.74, 6) is -1.85. The Hall–Kier alpha value is -3.27. The number of aliphatic imine (C=N–C) groups is 1. The summed E-state index contributed by atoms with van der Waals surface area (Å²) in [6.07, 6.45) is 0. The van der Waals surface area contributed by atoms with E-state index in [0.717, 1.165) is 0 Å². The molecule has 0 unspecified atom stereocenters. The number of hydrogen-bond donors (Lipinski definition) is 3. The van der Waals surface area contributed by atoms with Crippen LogP contribution in [-0.2, 0) is 20.4 Å². The van der Waals surface area contributed by atoms with Crippen molar-refractivity contribution in [2.75, 3.05) is 0 Å². The van der Waals surface area contributed by atoms with Crippen molar-refractivity contribution in [2.45, 2.75) is 17.6 Å². The molecule has 0 aliphatic carbocycles. The summed E-state index contributed by atoms with van der Waals surface area (Å²) >= 11 is 0.